The third-order valence-electron chi connectivity index (χ3n) is 4.98. The van der Waals surface area contributed by atoms with Crippen LogP contribution in [-0.2, 0) is 0 Å². The molecule has 1 aromatic rings. The van der Waals surface area contributed by atoms with E-state index in [0.29, 0.717) is 6.04 Å². The Hall–Kier alpha value is -0.380. The molecular weight excluding hydrogens is 457 g/mol. The lowest BCUT2D eigenvalue weighted by Gasteiger charge is -2.27. The lowest BCUT2D eigenvalue weighted by atomic mass is 10.2. The Morgan fingerprint density at radius 2 is 2.00 bits per heavy atom. The second-order valence-corrected chi connectivity index (χ2v) is 7.51. The van der Waals surface area contributed by atoms with Crippen LogP contribution in [0.15, 0.2) is 22.5 Å². The summed E-state index contributed by atoms with van der Waals surface area (Å²) in [5, 5.41) is 9.18. The normalized spacial score (nSPS) is 16.5. The highest BCUT2D eigenvalue weighted by molar-refractivity contribution is 14.0. The van der Waals surface area contributed by atoms with E-state index in [1.807, 2.05) is 18.4 Å². The molecule has 1 aliphatic rings. The lowest BCUT2D eigenvalue weighted by Crippen LogP contribution is -2.43. The maximum Gasteiger partial charge on any atom is 0.191 e. The summed E-state index contributed by atoms with van der Waals surface area (Å²) in [4.78, 5) is 10.9. The number of thiophene rings is 1. The van der Waals surface area contributed by atoms with Crippen molar-refractivity contribution in [1.29, 1.82) is 0 Å². The molecule has 5 nitrogen and oxygen atoms in total. The Morgan fingerprint density at radius 3 is 2.58 bits per heavy atom. The number of halogens is 1. The molecule has 1 fully saturated rings. The maximum absolute atomic E-state index is 4.39. The van der Waals surface area contributed by atoms with E-state index in [4.69, 9.17) is 0 Å². The Kier molecular flexibility index (Phi) is 12.5. The molecule has 0 aromatic carbocycles. The maximum atomic E-state index is 4.39. The Balaban J connectivity index is 0.00000338. The van der Waals surface area contributed by atoms with E-state index in [2.05, 4.69) is 56.8 Å². The second-order valence-electron chi connectivity index (χ2n) is 6.53. The monoisotopic (exact) mass is 493 g/mol. The van der Waals surface area contributed by atoms with E-state index in [9.17, 15) is 0 Å². The average molecular weight is 494 g/mol. The highest BCUT2D eigenvalue weighted by Crippen LogP contribution is 2.27. The number of likely N-dealkylation sites (tertiary alicyclic amines) is 1. The zero-order chi connectivity index (χ0) is 17.9. The fourth-order valence-electron chi connectivity index (χ4n) is 3.41. The van der Waals surface area contributed by atoms with Crippen LogP contribution in [0.2, 0.25) is 0 Å². The van der Waals surface area contributed by atoms with Gasteiger partial charge in [-0.3, -0.25) is 9.89 Å². The summed E-state index contributed by atoms with van der Waals surface area (Å²) in [5.41, 5.74) is 0. The van der Waals surface area contributed by atoms with Gasteiger partial charge in [0.15, 0.2) is 5.96 Å². The van der Waals surface area contributed by atoms with Crippen LogP contribution in [0, 0.1) is 0 Å². The standard InChI is InChI=1S/C19H35N5S.HI/c1-4-23(5-2)12-9-11-21-19(20-3)22-16-17(18-10-8-15-25-18)24-13-6-7-14-24;/h8,10,15,17H,4-7,9,11-14,16H2,1-3H3,(H2,20,21,22);1H. The van der Waals surface area contributed by atoms with Crippen molar-refractivity contribution in [3.05, 3.63) is 22.4 Å². The molecule has 1 unspecified atom stereocenters. The summed E-state index contributed by atoms with van der Waals surface area (Å²) >= 11 is 1.86. The van der Waals surface area contributed by atoms with E-state index in [-0.39, 0.29) is 24.0 Å². The summed E-state index contributed by atoms with van der Waals surface area (Å²) in [5.74, 6) is 0.917. The predicted octanol–water partition coefficient (Wildman–Crippen LogP) is 3.40. The van der Waals surface area contributed by atoms with Gasteiger partial charge in [0.05, 0.1) is 6.04 Å². The smallest absolute Gasteiger partial charge is 0.191 e. The molecule has 0 aliphatic carbocycles. The van der Waals surface area contributed by atoms with Crippen molar-refractivity contribution in [2.24, 2.45) is 4.99 Å². The minimum Gasteiger partial charge on any atom is -0.356 e. The van der Waals surface area contributed by atoms with Crippen LogP contribution in [0.1, 0.15) is 44.0 Å². The minimum atomic E-state index is 0. The lowest BCUT2D eigenvalue weighted by molar-refractivity contribution is 0.249. The number of nitrogens with one attached hydrogen (secondary N) is 2. The Morgan fingerprint density at radius 1 is 1.27 bits per heavy atom. The van der Waals surface area contributed by atoms with E-state index < -0.39 is 0 Å². The van der Waals surface area contributed by atoms with E-state index >= 15 is 0 Å². The highest BCUT2D eigenvalue weighted by atomic mass is 127. The van der Waals surface area contributed by atoms with Crippen LogP contribution in [0.3, 0.4) is 0 Å². The molecule has 7 heteroatoms. The third kappa shape index (κ3) is 7.70. The molecule has 150 valence electrons. The summed E-state index contributed by atoms with van der Waals surface area (Å²) in [7, 11) is 1.86. The molecule has 1 aliphatic heterocycles. The van der Waals surface area contributed by atoms with Crippen LogP contribution in [0.4, 0.5) is 0 Å². The van der Waals surface area contributed by atoms with Crippen LogP contribution < -0.4 is 10.6 Å². The van der Waals surface area contributed by atoms with Crippen LogP contribution in [0.5, 0.6) is 0 Å². The molecule has 1 saturated heterocycles. The highest BCUT2D eigenvalue weighted by Gasteiger charge is 2.24. The van der Waals surface area contributed by atoms with Gasteiger partial charge in [-0.2, -0.15) is 0 Å². The van der Waals surface area contributed by atoms with Gasteiger partial charge in [-0.15, -0.1) is 35.3 Å². The first kappa shape index (κ1) is 23.7. The molecule has 1 aromatic heterocycles. The molecule has 0 saturated carbocycles. The first-order valence-corrected chi connectivity index (χ1v) is 10.6. The van der Waals surface area contributed by atoms with Gasteiger partial charge < -0.3 is 15.5 Å². The van der Waals surface area contributed by atoms with Gasteiger partial charge in [0.1, 0.15) is 0 Å². The fourth-order valence-corrected chi connectivity index (χ4v) is 4.27. The quantitative estimate of drug-likeness (QED) is 0.227. The van der Waals surface area contributed by atoms with Crippen molar-refractivity contribution in [3.8, 4) is 0 Å². The Bertz CT molecular complexity index is 484. The first-order valence-electron chi connectivity index (χ1n) is 9.72. The second kappa shape index (κ2) is 13.7. The van der Waals surface area contributed by atoms with Crippen molar-refractivity contribution >= 4 is 41.3 Å². The number of nitrogens with zero attached hydrogens (tertiary/aromatic N) is 3. The SMILES string of the molecule is CCN(CC)CCCNC(=NC)NCC(c1cccs1)N1CCCC1.I. The van der Waals surface area contributed by atoms with Gasteiger partial charge in [0, 0.05) is 25.0 Å². The molecule has 0 radical (unpaired) electrons. The number of aliphatic imine (C=N–C) groups is 1. The van der Waals surface area contributed by atoms with Gasteiger partial charge in [-0.05, 0) is 63.4 Å². The molecule has 2 N–H and O–H groups in total. The van der Waals surface area contributed by atoms with Crippen molar-refractivity contribution < 1.29 is 0 Å². The third-order valence-corrected chi connectivity index (χ3v) is 5.95. The number of rotatable bonds is 10. The number of hydrogen-bond acceptors (Lipinski definition) is 4. The minimum absolute atomic E-state index is 0. The summed E-state index contributed by atoms with van der Waals surface area (Å²) in [6.45, 7) is 12.1. The largest absolute Gasteiger partial charge is 0.356 e. The number of hydrogen-bond donors (Lipinski definition) is 2. The van der Waals surface area contributed by atoms with Crippen LogP contribution in [-0.4, -0.2) is 68.6 Å². The van der Waals surface area contributed by atoms with Crippen molar-refractivity contribution in [2.45, 2.75) is 39.2 Å². The molecule has 26 heavy (non-hydrogen) atoms. The summed E-state index contributed by atoms with van der Waals surface area (Å²) in [6, 6.07) is 4.87. The first-order chi connectivity index (χ1) is 12.3. The fraction of sp³-hybridized carbons (Fsp3) is 0.737. The number of guanidine groups is 1. The molecule has 2 rings (SSSR count). The zero-order valence-corrected chi connectivity index (χ0v) is 19.7. The predicted molar refractivity (Wildman–Crippen MR) is 125 cm³/mol. The molecule has 1 atom stereocenters. The van der Waals surface area contributed by atoms with Crippen LogP contribution in [0.25, 0.3) is 0 Å². The van der Waals surface area contributed by atoms with Gasteiger partial charge >= 0.3 is 0 Å². The van der Waals surface area contributed by atoms with Crippen LogP contribution >= 0.6 is 35.3 Å². The van der Waals surface area contributed by atoms with Crippen molar-refractivity contribution in [2.75, 3.05) is 52.9 Å². The molecule has 0 bridgehead atoms. The Labute approximate surface area is 180 Å². The van der Waals surface area contributed by atoms with Gasteiger partial charge in [-0.25, -0.2) is 0 Å². The van der Waals surface area contributed by atoms with Gasteiger partial charge in [0.2, 0.25) is 0 Å². The van der Waals surface area contributed by atoms with Crippen molar-refractivity contribution in [3.63, 3.8) is 0 Å². The van der Waals surface area contributed by atoms with E-state index in [1.165, 1.54) is 30.8 Å². The molecule has 0 amide bonds. The molecular formula is C19H36IN5S. The molecule has 2 heterocycles. The van der Waals surface area contributed by atoms with Crippen molar-refractivity contribution in [1.82, 2.24) is 20.4 Å². The topological polar surface area (TPSA) is 42.9 Å². The average Bonchev–Trinajstić information content (AvgIpc) is 3.34. The summed E-state index contributed by atoms with van der Waals surface area (Å²) < 4.78 is 0. The molecule has 0 spiro atoms. The van der Waals surface area contributed by atoms with E-state index in [1.54, 1.807) is 0 Å². The van der Waals surface area contributed by atoms with Gasteiger partial charge in [-0.1, -0.05) is 19.9 Å². The summed E-state index contributed by atoms with van der Waals surface area (Å²) in [6.07, 6.45) is 3.78. The van der Waals surface area contributed by atoms with E-state index in [0.717, 1.165) is 45.1 Å². The zero-order valence-electron chi connectivity index (χ0n) is 16.5. The van der Waals surface area contributed by atoms with Gasteiger partial charge in [0.25, 0.3) is 0 Å².